The molecule has 0 bridgehead atoms. The van der Waals surface area contributed by atoms with E-state index in [0.717, 1.165) is 18.4 Å². The van der Waals surface area contributed by atoms with Crippen molar-refractivity contribution in [1.29, 1.82) is 0 Å². The Balaban J connectivity index is 2.22. The lowest BCUT2D eigenvalue weighted by atomic mass is 9.79. The van der Waals surface area contributed by atoms with Gasteiger partial charge in [0.2, 0.25) is 0 Å². The van der Waals surface area contributed by atoms with Crippen LogP contribution in [0.2, 0.25) is 0 Å². The molecular formula is C12H15NO4S. The monoisotopic (exact) mass is 269 g/mol. The van der Waals surface area contributed by atoms with Gasteiger partial charge in [0.15, 0.2) is 0 Å². The number of nitrogens with one attached hydrogen (secondary N) is 1. The summed E-state index contributed by atoms with van der Waals surface area (Å²) in [6, 6.07) is 9.42. The quantitative estimate of drug-likeness (QED) is 0.644. The number of hydrogen-bond acceptors (Lipinski definition) is 3. The van der Waals surface area contributed by atoms with E-state index in [-0.39, 0.29) is 0 Å². The highest BCUT2D eigenvalue weighted by atomic mass is 32.2. The third-order valence-electron chi connectivity index (χ3n) is 3.38. The third kappa shape index (κ3) is 2.60. The zero-order valence-corrected chi connectivity index (χ0v) is 10.6. The molecule has 1 fully saturated rings. The molecule has 0 heterocycles. The zero-order valence-electron chi connectivity index (χ0n) is 9.80. The first-order chi connectivity index (χ1) is 8.65. The van der Waals surface area contributed by atoms with Gasteiger partial charge in [-0.2, -0.15) is 0 Å². The Morgan fingerprint density at radius 2 is 1.89 bits per heavy atom. The largest absolute Gasteiger partial charge is 0.355 e. The van der Waals surface area contributed by atoms with Crippen LogP contribution in [-0.2, 0) is 26.3 Å². The average molecular weight is 269 g/mol. The lowest BCUT2D eigenvalue weighted by molar-refractivity contribution is -0.154. The SMILES string of the molecule is O=C(ONS(=O)O)C1(c2ccccc2)CCCC1. The van der Waals surface area contributed by atoms with Crippen molar-refractivity contribution in [2.75, 3.05) is 0 Å². The van der Waals surface area contributed by atoms with E-state index in [2.05, 4.69) is 0 Å². The van der Waals surface area contributed by atoms with E-state index in [9.17, 15) is 9.00 Å². The van der Waals surface area contributed by atoms with Crippen LogP contribution in [0.4, 0.5) is 0 Å². The highest BCUT2D eigenvalue weighted by molar-refractivity contribution is 7.76. The van der Waals surface area contributed by atoms with Gasteiger partial charge in [0.1, 0.15) is 0 Å². The van der Waals surface area contributed by atoms with Gasteiger partial charge in [0, 0.05) is 0 Å². The van der Waals surface area contributed by atoms with Gasteiger partial charge in [0.25, 0.3) is 11.3 Å². The Kier molecular flexibility index (Phi) is 4.11. The van der Waals surface area contributed by atoms with Gasteiger partial charge >= 0.3 is 5.97 Å². The van der Waals surface area contributed by atoms with Crippen molar-refractivity contribution in [3.63, 3.8) is 0 Å². The standard InChI is InChI=1S/C12H15NO4S/c14-11(17-13-18(15)16)12(8-4-5-9-12)10-6-2-1-3-7-10/h1-3,6-7,13H,4-5,8-9H2,(H,15,16). The number of rotatable bonds is 4. The van der Waals surface area contributed by atoms with E-state index < -0.39 is 22.7 Å². The van der Waals surface area contributed by atoms with Gasteiger partial charge in [-0.15, -0.1) is 0 Å². The molecule has 2 rings (SSSR count). The average Bonchev–Trinajstić information content (AvgIpc) is 2.87. The second kappa shape index (κ2) is 5.60. The van der Waals surface area contributed by atoms with E-state index >= 15 is 0 Å². The predicted octanol–water partition coefficient (Wildman–Crippen LogP) is 1.68. The fourth-order valence-electron chi connectivity index (χ4n) is 2.52. The van der Waals surface area contributed by atoms with Crippen LogP contribution >= 0.6 is 0 Å². The lowest BCUT2D eigenvalue weighted by Gasteiger charge is -2.26. The first-order valence-corrected chi connectivity index (χ1v) is 6.89. The molecule has 0 spiro atoms. The topological polar surface area (TPSA) is 75.6 Å². The Labute approximate surface area is 108 Å². The minimum absolute atomic E-state index is 0.492. The number of benzene rings is 1. The summed E-state index contributed by atoms with van der Waals surface area (Å²) < 4.78 is 19.1. The van der Waals surface area contributed by atoms with Crippen LogP contribution in [0, 0.1) is 0 Å². The van der Waals surface area contributed by atoms with Gasteiger partial charge in [-0.05, 0) is 23.3 Å². The zero-order chi connectivity index (χ0) is 13.0. The van der Waals surface area contributed by atoms with Crippen LogP contribution in [0.15, 0.2) is 30.3 Å². The minimum atomic E-state index is -2.35. The summed E-state index contributed by atoms with van der Waals surface area (Å²) in [6.45, 7) is 0. The summed E-state index contributed by atoms with van der Waals surface area (Å²) in [6.07, 6.45) is 3.31. The molecule has 0 aromatic heterocycles. The molecule has 1 unspecified atom stereocenters. The second-order valence-electron chi connectivity index (χ2n) is 4.38. The van der Waals surface area contributed by atoms with E-state index in [4.69, 9.17) is 9.39 Å². The predicted molar refractivity (Wildman–Crippen MR) is 66.6 cm³/mol. The molecule has 1 aromatic rings. The Hall–Kier alpha value is -1.24. The van der Waals surface area contributed by atoms with Crippen LogP contribution in [0.5, 0.6) is 0 Å². The molecule has 98 valence electrons. The van der Waals surface area contributed by atoms with Crippen LogP contribution in [0.25, 0.3) is 0 Å². The van der Waals surface area contributed by atoms with E-state index in [1.165, 1.54) is 0 Å². The van der Waals surface area contributed by atoms with E-state index in [1.54, 1.807) is 4.89 Å². The van der Waals surface area contributed by atoms with Crippen LogP contribution in [-0.4, -0.2) is 14.7 Å². The Bertz CT molecular complexity index is 443. The molecule has 6 heteroatoms. The van der Waals surface area contributed by atoms with Gasteiger partial charge < -0.3 is 4.84 Å². The number of carbonyl (C=O) groups excluding carboxylic acids is 1. The molecule has 0 aliphatic heterocycles. The summed E-state index contributed by atoms with van der Waals surface area (Å²) in [5, 5.41) is 0. The van der Waals surface area contributed by atoms with Gasteiger partial charge in [-0.1, -0.05) is 43.2 Å². The molecule has 1 saturated carbocycles. The van der Waals surface area contributed by atoms with Crippen molar-refractivity contribution < 1.29 is 18.4 Å². The fraction of sp³-hybridized carbons (Fsp3) is 0.417. The molecule has 5 nitrogen and oxygen atoms in total. The highest BCUT2D eigenvalue weighted by Gasteiger charge is 2.44. The van der Waals surface area contributed by atoms with E-state index in [0.29, 0.717) is 12.8 Å². The summed E-state index contributed by atoms with van der Waals surface area (Å²) >= 11 is -2.35. The molecule has 1 atom stereocenters. The maximum Gasteiger partial charge on any atom is 0.336 e. The Morgan fingerprint density at radius 1 is 1.28 bits per heavy atom. The molecule has 1 aromatic carbocycles. The molecule has 1 aliphatic rings. The molecular weight excluding hydrogens is 254 g/mol. The van der Waals surface area contributed by atoms with Crippen LogP contribution in [0.3, 0.4) is 0 Å². The van der Waals surface area contributed by atoms with Crippen molar-refractivity contribution >= 4 is 17.2 Å². The van der Waals surface area contributed by atoms with E-state index in [1.807, 2.05) is 30.3 Å². The molecule has 0 radical (unpaired) electrons. The van der Waals surface area contributed by atoms with Crippen LogP contribution in [0.1, 0.15) is 31.2 Å². The van der Waals surface area contributed by atoms with Crippen molar-refractivity contribution in [2.24, 2.45) is 0 Å². The molecule has 2 N–H and O–H groups in total. The molecule has 18 heavy (non-hydrogen) atoms. The molecule has 0 saturated heterocycles. The van der Waals surface area contributed by atoms with Crippen molar-refractivity contribution in [3.05, 3.63) is 35.9 Å². The van der Waals surface area contributed by atoms with Gasteiger partial charge in [-0.3, -0.25) is 4.55 Å². The molecule has 1 aliphatic carbocycles. The summed E-state index contributed by atoms with van der Waals surface area (Å²) in [5.74, 6) is -0.492. The maximum absolute atomic E-state index is 12.1. The first kappa shape index (κ1) is 13.2. The van der Waals surface area contributed by atoms with Crippen LogP contribution < -0.4 is 4.89 Å². The Morgan fingerprint density at radius 3 is 2.44 bits per heavy atom. The van der Waals surface area contributed by atoms with Crippen molar-refractivity contribution in [3.8, 4) is 0 Å². The summed E-state index contributed by atoms with van der Waals surface area (Å²) in [4.78, 5) is 18.6. The van der Waals surface area contributed by atoms with Gasteiger partial charge in [-0.25, -0.2) is 9.00 Å². The van der Waals surface area contributed by atoms with Crippen molar-refractivity contribution in [1.82, 2.24) is 4.89 Å². The maximum atomic E-state index is 12.1. The van der Waals surface area contributed by atoms with Crippen molar-refractivity contribution in [2.45, 2.75) is 31.1 Å². The normalized spacial score (nSPS) is 19.4. The number of hydrogen-bond donors (Lipinski definition) is 2. The molecule has 0 amide bonds. The lowest BCUT2D eigenvalue weighted by Crippen LogP contribution is -2.38. The first-order valence-electron chi connectivity index (χ1n) is 5.78. The second-order valence-corrected chi connectivity index (χ2v) is 5.04. The number of carbonyl (C=O) groups is 1. The highest BCUT2D eigenvalue weighted by Crippen LogP contribution is 2.41. The van der Waals surface area contributed by atoms with Gasteiger partial charge in [0.05, 0.1) is 5.41 Å². The fourth-order valence-corrected chi connectivity index (χ4v) is 2.66. The summed E-state index contributed by atoms with van der Waals surface area (Å²) in [5.41, 5.74) is 0.214. The minimum Gasteiger partial charge on any atom is -0.355 e. The third-order valence-corrected chi connectivity index (χ3v) is 3.61. The smallest absolute Gasteiger partial charge is 0.336 e. The summed E-state index contributed by atoms with van der Waals surface area (Å²) in [7, 11) is 0.